The van der Waals surface area contributed by atoms with Crippen LogP contribution >= 0.6 is 4.73 Å². The second-order valence-corrected chi connectivity index (χ2v) is 18.1. The predicted molar refractivity (Wildman–Crippen MR) is 56.2 cm³/mol. The Morgan fingerprint density at radius 1 is 1.30 bits per heavy atom. The first-order chi connectivity index (χ1) is 4.56. The maximum atomic E-state index is 5.37. The van der Waals surface area contributed by atoms with E-state index in [0.29, 0.717) is 0 Å². The topological polar surface area (TPSA) is 0 Å². The van der Waals surface area contributed by atoms with Gasteiger partial charge in [-0.3, -0.25) is 0 Å². The van der Waals surface area contributed by atoms with Crippen molar-refractivity contribution >= 4 is 31.0 Å². The Balaban J connectivity index is 3.13. The summed E-state index contributed by atoms with van der Waals surface area (Å²) in [7, 11) is 0. The van der Waals surface area contributed by atoms with Crippen molar-refractivity contribution in [2.24, 2.45) is 0 Å². The maximum absolute atomic E-state index is 5.37. The standard InChI is InChI=1S/C7H17PSSe/c1-4-5-6-7-10-8(2,3)9/h4-7H2,1-3H3. The van der Waals surface area contributed by atoms with Crippen LogP contribution in [0.3, 0.4) is 0 Å². The summed E-state index contributed by atoms with van der Waals surface area (Å²) in [5, 5.41) is 1.42. The molecule has 0 nitrogen and oxygen atoms in total. The SMILES string of the molecule is CCCCC[Se]P(C)(C)=S. The fraction of sp³-hybridized carbons (Fsp3) is 1.00. The molecule has 0 spiro atoms. The monoisotopic (exact) mass is 244 g/mol. The van der Waals surface area contributed by atoms with Crippen LogP contribution in [0.15, 0.2) is 0 Å². The van der Waals surface area contributed by atoms with E-state index < -0.39 is 4.73 Å². The minimum atomic E-state index is -0.810. The Labute approximate surface area is 75.9 Å². The van der Waals surface area contributed by atoms with Gasteiger partial charge < -0.3 is 0 Å². The number of rotatable bonds is 5. The minimum absolute atomic E-state index is 0.789. The van der Waals surface area contributed by atoms with E-state index in [4.69, 9.17) is 11.8 Å². The van der Waals surface area contributed by atoms with Gasteiger partial charge in [0.2, 0.25) is 0 Å². The van der Waals surface area contributed by atoms with Crippen molar-refractivity contribution in [2.45, 2.75) is 31.5 Å². The molecule has 0 aliphatic carbocycles. The van der Waals surface area contributed by atoms with Gasteiger partial charge in [0.05, 0.1) is 0 Å². The van der Waals surface area contributed by atoms with Crippen molar-refractivity contribution in [2.75, 3.05) is 13.3 Å². The van der Waals surface area contributed by atoms with Crippen LogP contribution in [0.1, 0.15) is 26.2 Å². The molecule has 0 amide bonds. The average molecular weight is 243 g/mol. The van der Waals surface area contributed by atoms with Gasteiger partial charge in [0, 0.05) is 0 Å². The summed E-state index contributed by atoms with van der Waals surface area (Å²) in [4.78, 5) is 0. The van der Waals surface area contributed by atoms with E-state index in [-0.39, 0.29) is 0 Å². The molecule has 62 valence electrons. The molecule has 0 atom stereocenters. The molecule has 0 aliphatic heterocycles. The van der Waals surface area contributed by atoms with Gasteiger partial charge in [-0.05, 0) is 0 Å². The third-order valence-electron chi connectivity index (χ3n) is 1.15. The molecule has 0 aromatic carbocycles. The van der Waals surface area contributed by atoms with Crippen LogP contribution in [0, 0.1) is 0 Å². The van der Waals surface area contributed by atoms with Crippen LogP contribution in [0.5, 0.6) is 0 Å². The molecule has 0 aromatic heterocycles. The molecule has 10 heavy (non-hydrogen) atoms. The fourth-order valence-corrected chi connectivity index (χ4v) is 6.38. The van der Waals surface area contributed by atoms with Gasteiger partial charge in [0.1, 0.15) is 0 Å². The van der Waals surface area contributed by atoms with Crippen LogP contribution in [0.25, 0.3) is 0 Å². The van der Waals surface area contributed by atoms with Gasteiger partial charge in [0.25, 0.3) is 0 Å². The van der Waals surface area contributed by atoms with Gasteiger partial charge in [-0.1, -0.05) is 0 Å². The number of hydrogen-bond acceptors (Lipinski definition) is 1. The molecule has 0 fully saturated rings. The first kappa shape index (κ1) is 11.2. The zero-order valence-electron chi connectivity index (χ0n) is 7.09. The van der Waals surface area contributed by atoms with E-state index in [1.807, 2.05) is 0 Å². The molecule has 0 saturated carbocycles. The first-order valence-electron chi connectivity index (χ1n) is 3.76. The second kappa shape index (κ2) is 5.77. The van der Waals surface area contributed by atoms with Crippen molar-refractivity contribution in [3.05, 3.63) is 0 Å². The summed E-state index contributed by atoms with van der Waals surface area (Å²) in [6, 6.07) is 0. The molecular weight excluding hydrogens is 226 g/mol. The average Bonchev–Trinajstić information content (AvgIpc) is 1.78. The molecule has 0 rings (SSSR count). The summed E-state index contributed by atoms with van der Waals surface area (Å²) < 4.78 is -0.810. The first-order valence-corrected chi connectivity index (χ1v) is 10.9. The quantitative estimate of drug-likeness (QED) is 0.406. The van der Waals surface area contributed by atoms with Crippen LogP contribution in [-0.4, -0.2) is 27.8 Å². The van der Waals surface area contributed by atoms with E-state index in [1.165, 1.54) is 24.6 Å². The Kier molecular flexibility index (Phi) is 6.45. The zero-order chi connectivity index (χ0) is 8.04. The molecule has 0 radical (unpaired) electrons. The summed E-state index contributed by atoms with van der Waals surface area (Å²) in [5.74, 6) is 0. The molecule has 0 unspecified atom stereocenters. The molecular formula is C7H17PSSe. The van der Waals surface area contributed by atoms with E-state index in [1.54, 1.807) is 0 Å². The van der Waals surface area contributed by atoms with E-state index >= 15 is 0 Å². The zero-order valence-corrected chi connectivity index (χ0v) is 10.5. The van der Waals surface area contributed by atoms with Crippen LogP contribution < -0.4 is 0 Å². The molecule has 0 heterocycles. The Morgan fingerprint density at radius 2 is 1.90 bits per heavy atom. The molecule has 0 N–H and O–H groups in total. The molecule has 0 bridgehead atoms. The third kappa shape index (κ3) is 9.17. The van der Waals surface area contributed by atoms with Crippen molar-refractivity contribution in [3.8, 4) is 0 Å². The van der Waals surface area contributed by atoms with Crippen LogP contribution in [0.4, 0.5) is 0 Å². The summed E-state index contributed by atoms with van der Waals surface area (Å²) in [6.45, 7) is 6.80. The van der Waals surface area contributed by atoms with Crippen LogP contribution in [0.2, 0.25) is 5.32 Å². The molecule has 0 saturated heterocycles. The Hall–Kier alpha value is 1.17. The van der Waals surface area contributed by atoms with Gasteiger partial charge in [-0.2, -0.15) is 0 Å². The number of hydrogen-bond donors (Lipinski definition) is 0. The summed E-state index contributed by atoms with van der Waals surface area (Å²) in [6.07, 6.45) is 4.15. The molecule has 0 aliphatic rings. The normalized spacial score (nSPS) is 11.9. The van der Waals surface area contributed by atoms with E-state index in [0.717, 1.165) is 14.5 Å². The Morgan fingerprint density at radius 3 is 2.30 bits per heavy atom. The predicted octanol–water partition coefficient (Wildman–Crippen LogP) is 2.95. The van der Waals surface area contributed by atoms with Crippen molar-refractivity contribution in [1.82, 2.24) is 0 Å². The Bertz CT molecular complexity index is 119. The summed E-state index contributed by atoms with van der Waals surface area (Å²) in [5.41, 5.74) is 0. The van der Waals surface area contributed by atoms with Crippen molar-refractivity contribution in [1.29, 1.82) is 0 Å². The second-order valence-electron chi connectivity index (χ2n) is 2.79. The van der Waals surface area contributed by atoms with Crippen molar-refractivity contribution in [3.63, 3.8) is 0 Å². The van der Waals surface area contributed by atoms with Gasteiger partial charge in [0.15, 0.2) is 0 Å². The van der Waals surface area contributed by atoms with E-state index in [2.05, 4.69) is 20.3 Å². The summed E-state index contributed by atoms with van der Waals surface area (Å²) >= 11 is 6.16. The van der Waals surface area contributed by atoms with Crippen molar-refractivity contribution < 1.29 is 0 Å². The van der Waals surface area contributed by atoms with Gasteiger partial charge >= 0.3 is 75.9 Å². The molecule has 0 aromatic rings. The molecule has 3 heteroatoms. The number of unbranched alkanes of at least 4 members (excludes halogenated alkanes) is 2. The third-order valence-corrected chi connectivity index (χ3v) is 9.27. The van der Waals surface area contributed by atoms with E-state index in [9.17, 15) is 0 Å². The fourth-order valence-electron chi connectivity index (χ4n) is 0.636. The van der Waals surface area contributed by atoms with Gasteiger partial charge in [-0.15, -0.1) is 0 Å². The van der Waals surface area contributed by atoms with Gasteiger partial charge in [-0.25, -0.2) is 0 Å². The van der Waals surface area contributed by atoms with Crippen LogP contribution in [-0.2, 0) is 11.8 Å².